The smallest absolute Gasteiger partial charge is 0.226 e. The Hall–Kier alpha value is -1.95. The molecule has 0 aliphatic carbocycles. The minimum Gasteiger partial charge on any atom is -0.340 e. The van der Waals surface area contributed by atoms with Gasteiger partial charge in [-0.1, -0.05) is 0 Å². The van der Waals surface area contributed by atoms with Crippen LogP contribution >= 0.6 is 11.6 Å². The lowest BCUT2D eigenvalue weighted by atomic mass is 10.5. The van der Waals surface area contributed by atoms with Gasteiger partial charge in [-0.3, -0.25) is 0 Å². The molecule has 0 spiro atoms. The van der Waals surface area contributed by atoms with Crippen LogP contribution in [0.25, 0.3) is 17.0 Å². The highest BCUT2D eigenvalue weighted by Gasteiger charge is 2.10. The molecule has 3 rings (SSSR count). The molecule has 0 bridgehead atoms. The zero-order valence-electron chi connectivity index (χ0n) is 7.42. The molecule has 0 radical (unpaired) electrons. The minimum atomic E-state index is 0.153. The van der Waals surface area contributed by atoms with Crippen LogP contribution < -0.4 is 0 Å². The van der Waals surface area contributed by atoms with E-state index in [0.29, 0.717) is 17.0 Å². The highest BCUT2D eigenvalue weighted by Crippen LogP contribution is 2.16. The molecule has 0 aromatic carbocycles. The Balaban J connectivity index is 2.38. The zero-order chi connectivity index (χ0) is 10.3. The highest BCUT2D eigenvalue weighted by atomic mass is 35.5. The van der Waals surface area contributed by atoms with E-state index in [9.17, 15) is 0 Å². The number of aromatic amines is 1. The van der Waals surface area contributed by atoms with Crippen LogP contribution in [0.15, 0.2) is 24.8 Å². The van der Waals surface area contributed by atoms with Crippen molar-refractivity contribution >= 4 is 22.8 Å². The Bertz CT molecular complexity index is 599. The van der Waals surface area contributed by atoms with Gasteiger partial charge in [0.05, 0.1) is 6.33 Å². The van der Waals surface area contributed by atoms with Gasteiger partial charge >= 0.3 is 0 Å². The van der Waals surface area contributed by atoms with Gasteiger partial charge in [-0.05, 0) is 17.7 Å². The highest BCUT2D eigenvalue weighted by molar-refractivity contribution is 6.28. The predicted molar refractivity (Wildman–Crippen MR) is 53.8 cm³/mol. The van der Waals surface area contributed by atoms with Gasteiger partial charge in [0, 0.05) is 12.4 Å². The molecule has 3 aromatic rings. The molecule has 15 heavy (non-hydrogen) atoms. The van der Waals surface area contributed by atoms with Gasteiger partial charge in [0.2, 0.25) is 5.28 Å². The van der Waals surface area contributed by atoms with Gasteiger partial charge in [-0.15, -0.1) is 0 Å². The second kappa shape index (κ2) is 3.03. The van der Waals surface area contributed by atoms with Crippen molar-refractivity contribution in [1.29, 1.82) is 0 Å². The fourth-order valence-corrected chi connectivity index (χ4v) is 1.51. The molecule has 74 valence electrons. The topological polar surface area (TPSA) is 72.3 Å². The molecule has 7 heteroatoms. The summed E-state index contributed by atoms with van der Waals surface area (Å²) in [6, 6.07) is 1.80. The normalized spacial score (nSPS) is 11.0. The van der Waals surface area contributed by atoms with Crippen LogP contribution in [-0.2, 0) is 0 Å². The summed E-state index contributed by atoms with van der Waals surface area (Å²) in [5.74, 6) is 0.590. The number of rotatable bonds is 1. The van der Waals surface area contributed by atoms with E-state index in [-0.39, 0.29) is 5.28 Å². The van der Waals surface area contributed by atoms with E-state index in [4.69, 9.17) is 11.6 Å². The van der Waals surface area contributed by atoms with Gasteiger partial charge in [-0.25, -0.2) is 9.67 Å². The Morgan fingerprint density at radius 3 is 3.07 bits per heavy atom. The number of hydrogen-bond acceptors (Lipinski definition) is 4. The summed E-state index contributed by atoms with van der Waals surface area (Å²) in [6.45, 7) is 0. The van der Waals surface area contributed by atoms with Crippen LogP contribution in [0.4, 0.5) is 0 Å². The summed E-state index contributed by atoms with van der Waals surface area (Å²) >= 11 is 5.78. The van der Waals surface area contributed by atoms with Crippen molar-refractivity contribution in [3.8, 4) is 5.82 Å². The molecule has 0 unspecified atom stereocenters. The fourth-order valence-electron chi connectivity index (χ4n) is 1.35. The third kappa shape index (κ3) is 1.26. The molecular formula is C8H5ClN6. The van der Waals surface area contributed by atoms with Gasteiger partial charge in [-0.2, -0.15) is 15.1 Å². The van der Waals surface area contributed by atoms with Gasteiger partial charge in [0.15, 0.2) is 11.5 Å². The maximum Gasteiger partial charge on any atom is 0.226 e. The number of H-pyrrole nitrogens is 1. The van der Waals surface area contributed by atoms with Crippen molar-refractivity contribution in [1.82, 2.24) is 29.7 Å². The maximum atomic E-state index is 5.78. The second-order valence-electron chi connectivity index (χ2n) is 2.87. The van der Waals surface area contributed by atoms with E-state index < -0.39 is 0 Å². The van der Waals surface area contributed by atoms with Crippen molar-refractivity contribution in [2.75, 3.05) is 0 Å². The Morgan fingerprint density at radius 2 is 2.27 bits per heavy atom. The lowest BCUT2D eigenvalue weighted by molar-refractivity contribution is 0.848. The SMILES string of the molecule is Clc1nc(-n2cccn2)c2[nH]cnc2n1. The Labute approximate surface area is 88.9 Å². The lowest BCUT2D eigenvalue weighted by Gasteiger charge is -2.00. The van der Waals surface area contributed by atoms with Crippen molar-refractivity contribution in [2.24, 2.45) is 0 Å². The molecule has 3 heterocycles. The average Bonchev–Trinajstić information content (AvgIpc) is 2.86. The summed E-state index contributed by atoms with van der Waals surface area (Å²) in [5, 5.41) is 4.23. The van der Waals surface area contributed by atoms with E-state index in [2.05, 4.69) is 25.0 Å². The lowest BCUT2D eigenvalue weighted by Crippen LogP contribution is -2.00. The number of nitrogens with zero attached hydrogens (tertiary/aromatic N) is 5. The summed E-state index contributed by atoms with van der Waals surface area (Å²) in [5.41, 5.74) is 1.24. The first-order chi connectivity index (χ1) is 7.34. The fraction of sp³-hybridized carbons (Fsp3) is 0. The first-order valence-electron chi connectivity index (χ1n) is 4.21. The van der Waals surface area contributed by atoms with Crippen LogP contribution in [0.3, 0.4) is 0 Å². The number of fused-ring (bicyclic) bond motifs is 1. The largest absolute Gasteiger partial charge is 0.340 e. The number of imidazole rings is 1. The number of halogens is 1. The molecule has 6 nitrogen and oxygen atoms in total. The monoisotopic (exact) mass is 220 g/mol. The molecule has 1 N–H and O–H groups in total. The average molecular weight is 221 g/mol. The van der Waals surface area contributed by atoms with E-state index in [1.54, 1.807) is 29.5 Å². The second-order valence-corrected chi connectivity index (χ2v) is 3.21. The molecule has 0 amide bonds. The van der Waals surface area contributed by atoms with E-state index in [1.807, 2.05) is 0 Å². The summed E-state index contributed by atoms with van der Waals surface area (Å²) in [4.78, 5) is 15.0. The summed E-state index contributed by atoms with van der Waals surface area (Å²) in [6.07, 6.45) is 4.99. The third-order valence-corrected chi connectivity index (χ3v) is 2.13. The van der Waals surface area contributed by atoms with Gasteiger partial charge < -0.3 is 4.98 Å². The molecule has 0 atom stereocenters. The van der Waals surface area contributed by atoms with E-state index in [0.717, 1.165) is 0 Å². The van der Waals surface area contributed by atoms with Crippen molar-refractivity contribution < 1.29 is 0 Å². The molecule has 0 aliphatic heterocycles. The van der Waals surface area contributed by atoms with E-state index >= 15 is 0 Å². The first-order valence-corrected chi connectivity index (χ1v) is 4.59. The number of aromatic nitrogens is 6. The molecule has 0 saturated carbocycles. The Morgan fingerprint density at radius 1 is 1.33 bits per heavy atom. The Kier molecular flexibility index (Phi) is 1.69. The number of hydrogen-bond donors (Lipinski definition) is 1. The van der Waals surface area contributed by atoms with Gasteiger partial charge in [0.1, 0.15) is 5.52 Å². The molecule has 0 saturated heterocycles. The van der Waals surface area contributed by atoms with Crippen LogP contribution in [0, 0.1) is 0 Å². The molecule has 0 fully saturated rings. The summed E-state index contributed by atoms with van der Waals surface area (Å²) in [7, 11) is 0. The molecule has 3 aromatic heterocycles. The predicted octanol–water partition coefficient (Wildman–Crippen LogP) is 1.19. The molecule has 0 aliphatic rings. The standard InChI is InChI=1S/C8H5ClN6/c9-8-13-6-5(10-4-11-6)7(14-8)15-3-1-2-12-15/h1-4H,(H,10,11,13,14). The minimum absolute atomic E-state index is 0.153. The third-order valence-electron chi connectivity index (χ3n) is 1.96. The van der Waals surface area contributed by atoms with Gasteiger partial charge in [0.25, 0.3) is 0 Å². The van der Waals surface area contributed by atoms with Crippen LogP contribution in [0.2, 0.25) is 5.28 Å². The number of nitrogens with one attached hydrogen (secondary N) is 1. The van der Waals surface area contributed by atoms with Crippen molar-refractivity contribution in [3.63, 3.8) is 0 Å². The summed E-state index contributed by atoms with van der Waals surface area (Å²) < 4.78 is 1.61. The molecular weight excluding hydrogens is 216 g/mol. The van der Waals surface area contributed by atoms with Crippen molar-refractivity contribution in [3.05, 3.63) is 30.1 Å². The van der Waals surface area contributed by atoms with Crippen LogP contribution in [0.1, 0.15) is 0 Å². The van der Waals surface area contributed by atoms with Crippen LogP contribution in [-0.4, -0.2) is 29.7 Å². The van der Waals surface area contributed by atoms with E-state index in [1.165, 1.54) is 0 Å². The maximum absolute atomic E-state index is 5.78. The zero-order valence-corrected chi connectivity index (χ0v) is 8.18. The first kappa shape index (κ1) is 8.37. The van der Waals surface area contributed by atoms with Crippen molar-refractivity contribution in [2.45, 2.75) is 0 Å². The quantitative estimate of drug-likeness (QED) is 0.626. The van der Waals surface area contributed by atoms with Crippen LogP contribution in [0.5, 0.6) is 0 Å².